The third-order valence-corrected chi connectivity index (χ3v) is 4.34. The van der Waals surface area contributed by atoms with Crippen LogP contribution in [-0.2, 0) is 0 Å². The first kappa shape index (κ1) is 12.9. The van der Waals surface area contributed by atoms with E-state index in [-0.39, 0.29) is 0 Å². The molecule has 0 N–H and O–H groups in total. The Balaban J connectivity index is 1.71. The molecule has 4 heterocycles. The minimum absolute atomic E-state index is 0.902. The molecule has 106 valence electrons. The molecule has 0 aliphatic heterocycles. The molecule has 0 bridgehead atoms. The Bertz CT molecular complexity index is 882. The van der Waals surface area contributed by atoms with Gasteiger partial charge in [-0.15, -0.1) is 11.3 Å². The number of hydrogen-bond donors (Lipinski definition) is 0. The van der Waals surface area contributed by atoms with E-state index < -0.39 is 0 Å². The molecule has 4 nitrogen and oxygen atoms in total. The maximum absolute atomic E-state index is 4.71. The normalized spacial score (nSPS) is 10.7. The molecule has 0 aliphatic rings. The van der Waals surface area contributed by atoms with E-state index in [0.717, 1.165) is 27.0 Å². The molecule has 0 aliphatic carbocycles. The van der Waals surface area contributed by atoms with Crippen molar-refractivity contribution in [2.75, 3.05) is 0 Å². The van der Waals surface area contributed by atoms with Crippen LogP contribution >= 0.6 is 11.3 Å². The van der Waals surface area contributed by atoms with Gasteiger partial charge in [-0.05, 0) is 36.4 Å². The highest BCUT2D eigenvalue weighted by Crippen LogP contribution is 2.30. The zero-order valence-corrected chi connectivity index (χ0v) is 12.4. The van der Waals surface area contributed by atoms with Crippen LogP contribution in [0.15, 0.2) is 73.4 Å². The van der Waals surface area contributed by atoms with Crippen molar-refractivity contribution in [1.29, 1.82) is 0 Å². The Labute approximate surface area is 131 Å². The second kappa shape index (κ2) is 5.54. The highest BCUT2D eigenvalue weighted by Gasteiger charge is 2.08. The molecule has 0 amide bonds. The van der Waals surface area contributed by atoms with E-state index in [1.54, 1.807) is 17.5 Å². The van der Waals surface area contributed by atoms with Gasteiger partial charge >= 0.3 is 0 Å². The number of nitrogens with zero attached hydrogens (tertiary/aromatic N) is 4. The topological polar surface area (TPSA) is 43.6 Å². The summed E-state index contributed by atoms with van der Waals surface area (Å²) < 4.78 is 1.99. The number of hydrogen-bond acceptors (Lipinski definition) is 4. The van der Waals surface area contributed by atoms with Crippen LogP contribution in [0.25, 0.3) is 27.0 Å². The lowest BCUT2D eigenvalue weighted by Crippen LogP contribution is -1.94. The number of thiazole rings is 1. The first-order chi connectivity index (χ1) is 10.9. The van der Waals surface area contributed by atoms with Crippen molar-refractivity contribution in [3.63, 3.8) is 0 Å². The second-order valence-corrected chi connectivity index (χ2v) is 5.77. The van der Waals surface area contributed by atoms with Crippen LogP contribution in [0.5, 0.6) is 0 Å². The lowest BCUT2D eigenvalue weighted by molar-refractivity contribution is 1.01. The van der Waals surface area contributed by atoms with Crippen molar-refractivity contribution in [2.45, 2.75) is 0 Å². The molecule has 0 fully saturated rings. The van der Waals surface area contributed by atoms with E-state index >= 15 is 0 Å². The van der Waals surface area contributed by atoms with Gasteiger partial charge in [-0.3, -0.25) is 4.98 Å². The van der Waals surface area contributed by atoms with Crippen molar-refractivity contribution in [2.24, 2.45) is 0 Å². The highest BCUT2D eigenvalue weighted by atomic mass is 32.1. The fraction of sp³-hybridized carbons (Fsp3) is 0. The van der Waals surface area contributed by atoms with E-state index in [4.69, 9.17) is 4.98 Å². The van der Waals surface area contributed by atoms with E-state index in [1.165, 1.54) is 0 Å². The monoisotopic (exact) mass is 304 g/mol. The Morgan fingerprint density at radius 1 is 0.909 bits per heavy atom. The molecule has 4 rings (SSSR count). The van der Waals surface area contributed by atoms with Crippen molar-refractivity contribution < 1.29 is 0 Å². The SMILES string of the molecule is c1cncc(-c2ncc(-c3cccc(-n4cccc4)n3)s2)c1. The molecule has 4 aromatic heterocycles. The summed E-state index contributed by atoms with van der Waals surface area (Å²) in [6.45, 7) is 0. The van der Waals surface area contributed by atoms with E-state index in [0.29, 0.717) is 0 Å². The molecule has 0 unspecified atom stereocenters. The quantitative estimate of drug-likeness (QED) is 0.573. The first-order valence-corrected chi connectivity index (χ1v) is 7.69. The lowest BCUT2D eigenvalue weighted by Gasteiger charge is -2.03. The van der Waals surface area contributed by atoms with Crippen molar-refractivity contribution >= 4 is 11.3 Å². The van der Waals surface area contributed by atoms with Gasteiger partial charge in [-0.2, -0.15) is 0 Å². The van der Waals surface area contributed by atoms with Crippen LogP contribution in [0.3, 0.4) is 0 Å². The summed E-state index contributed by atoms with van der Waals surface area (Å²) in [6.07, 6.45) is 9.43. The molecule has 0 saturated carbocycles. The third-order valence-electron chi connectivity index (χ3n) is 3.27. The summed E-state index contributed by atoms with van der Waals surface area (Å²) in [5.74, 6) is 0.902. The number of pyridine rings is 2. The van der Waals surface area contributed by atoms with Crippen LogP contribution in [0, 0.1) is 0 Å². The minimum atomic E-state index is 0.902. The summed E-state index contributed by atoms with van der Waals surface area (Å²) in [5, 5.41) is 0.955. The molecule has 0 saturated heterocycles. The Hall–Kier alpha value is -2.79. The van der Waals surface area contributed by atoms with Gasteiger partial charge < -0.3 is 4.57 Å². The average molecular weight is 304 g/mol. The van der Waals surface area contributed by atoms with Crippen molar-refractivity contribution in [3.8, 4) is 27.0 Å². The van der Waals surface area contributed by atoms with Gasteiger partial charge in [0, 0.05) is 36.5 Å². The van der Waals surface area contributed by atoms with Gasteiger partial charge in [0.05, 0.1) is 10.6 Å². The van der Waals surface area contributed by atoms with Gasteiger partial charge in [0.15, 0.2) is 0 Å². The summed E-state index contributed by atoms with van der Waals surface area (Å²) >= 11 is 1.62. The van der Waals surface area contributed by atoms with E-state index in [9.17, 15) is 0 Å². The van der Waals surface area contributed by atoms with Crippen LogP contribution in [0.1, 0.15) is 0 Å². The predicted octanol–water partition coefficient (Wildman–Crippen LogP) is 4.06. The smallest absolute Gasteiger partial charge is 0.137 e. The Kier molecular flexibility index (Phi) is 3.25. The van der Waals surface area contributed by atoms with Crippen molar-refractivity contribution in [1.82, 2.24) is 19.5 Å². The largest absolute Gasteiger partial charge is 0.309 e. The van der Waals surface area contributed by atoms with Crippen LogP contribution in [0.4, 0.5) is 0 Å². The molecule has 4 aromatic rings. The molecule has 22 heavy (non-hydrogen) atoms. The highest BCUT2D eigenvalue weighted by molar-refractivity contribution is 7.18. The first-order valence-electron chi connectivity index (χ1n) is 6.87. The van der Waals surface area contributed by atoms with Gasteiger partial charge in [0.2, 0.25) is 0 Å². The van der Waals surface area contributed by atoms with Crippen LogP contribution in [-0.4, -0.2) is 19.5 Å². The number of rotatable bonds is 3. The summed E-state index contributed by atoms with van der Waals surface area (Å²) in [4.78, 5) is 14.4. The molecule has 0 spiro atoms. The molecule has 5 heteroatoms. The van der Waals surface area contributed by atoms with E-state index in [2.05, 4.69) is 9.97 Å². The molecule has 0 atom stereocenters. The Morgan fingerprint density at radius 2 is 1.82 bits per heavy atom. The fourth-order valence-corrected chi connectivity index (χ4v) is 3.08. The predicted molar refractivity (Wildman–Crippen MR) is 87.9 cm³/mol. The lowest BCUT2D eigenvalue weighted by atomic mass is 10.3. The summed E-state index contributed by atoms with van der Waals surface area (Å²) in [7, 11) is 0. The summed E-state index contributed by atoms with van der Waals surface area (Å²) in [6, 6.07) is 13.9. The average Bonchev–Trinajstić information content (AvgIpc) is 3.28. The van der Waals surface area contributed by atoms with Crippen LogP contribution < -0.4 is 0 Å². The third kappa shape index (κ3) is 2.42. The minimum Gasteiger partial charge on any atom is -0.309 e. The van der Waals surface area contributed by atoms with Gasteiger partial charge in [0.1, 0.15) is 10.8 Å². The zero-order valence-electron chi connectivity index (χ0n) is 11.6. The standard InChI is InChI=1S/C17H12N4S/c1-2-10-21(9-1)16-7-3-6-14(20-16)15-12-19-17(22-15)13-5-4-8-18-11-13/h1-12H. The fourth-order valence-electron chi connectivity index (χ4n) is 2.21. The van der Waals surface area contributed by atoms with Crippen LogP contribution in [0.2, 0.25) is 0 Å². The maximum atomic E-state index is 4.71. The summed E-state index contributed by atoms with van der Waals surface area (Å²) in [5.41, 5.74) is 1.96. The maximum Gasteiger partial charge on any atom is 0.137 e. The molecular weight excluding hydrogens is 292 g/mol. The second-order valence-electron chi connectivity index (χ2n) is 4.74. The van der Waals surface area contributed by atoms with Gasteiger partial charge in [-0.1, -0.05) is 6.07 Å². The Morgan fingerprint density at radius 3 is 2.64 bits per heavy atom. The molecule has 0 radical (unpaired) electrons. The number of aromatic nitrogens is 4. The van der Waals surface area contributed by atoms with Gasteiger partial charge in [0.25, 0.3) is 0 Å². The molecule has 0 aromatic carbocycles. The van der Waals surface area contributed by atoms with Crippen molar-refractivity contribution in [3.05, 3.63) is 73.4 Å². The molecular formula is C17H12N4S. The zero-order chi connectivity index (χ0) is 14.8. The van der Waals surface area contributed by atoms with Gasteiger partial charge in [-0.25, -0.2) is 9.97 Å². The van der Waals surface area contributed by atoms with E-state index in [1.807, 2.05) is 71.8 Å².